The van der Waals surface area contributed by atoms with E-state index in [-0.39, 0.29) is 17.3 Å². The third-order valence-corrected chi connectivity index (χ3v) is 5.63. The number of nitrogens with zero attached hydrogens (tertiary/aromatic N) is 3. The van der Waals surface area contributed by atoms with Gasteiger partial charge in [0.05, 0.1) is 27.3 Å². The molecule has 1 saturated carbocycles. The molecule has 0 bridgehead atoms. The molecule has 0 saturated heterocycles. The van der Waals surface area contributed by atoms with E-state index in [1.807, 2.05) is 17.5 Å². The van der Waals surface area contributed by atoms with Crippen LogP contribution >= 0.6 is 11.3 Å². The Kier molecular flexibility index (Phi) is 3.79. The van der Waals surface area contributed by atoms with Gasteiger partial charge in [0, 0.05) is 11.5 Å². The molecule has 3 heterocycles. The molecule has 0 radical (unpaired) electrons. The van der Waals surface area contributed by atoms with E-state index >= 15 is 0 Å². The first-order chi connectivity index (χ1) is 13.1. The smallest absolute Gasteiger partial charge is 0.227 e. The van der Waals surface area contributed by atoms with Gasteiger partial charge >= 0.3 is 0 Å². The fourth-order valence-corrected chi connectivity index (χ4v) is 3.99. The zero-order valence-electron chi connectivity index (χ0n) is 14.1. The second kappa shape index (κ2) is 6.20. The maximum atomic E-state index is 13.9. The fraction of sp³-hybridized carbons (Fsp3) is 0.200. The van der Waals surface area contributed by atoms with Crippen LogP contribution in [0.25, 0.3) is 27.3 Å². The number of alkyl halides is 2. The Hall–Kier alpha value is -2.67. The molecule has 0 aliphatic heterocycles. The maximum Gasteiger partial charge on any atom is 0.264 e. The number of hydrogen-bond acceptors (Lipinski definition) is 3. The summed E-state index contributed by atoms with van der Waals surface area (Å²) in [5.74, 6) is -0.181. The minimum Gasteiger partial charge on any atom is -0.227 e. The van der Waals surface area contributed by atoms with E-state index in [9.17, 15) is 13.2 Å². The Bertz CT molecular complexity index is 1110. The first-order valence-corrected chi connectivity index (χ1v) is 9.51. The third kappa shape index (κ3) is 2.82. The first-order valence-electron chi connectivity index (χ1n) is 8.63. The molecule has 3 aromatic heterocycles. The Morgan fingerprint density at radius 1 is 1.11 bits per heavy atom. The molecule has 1 aliphatic carbocycles. The van der Waals surface area contributed by atoms with E-state index in [0.29, 0.717) is 28.1 Å². The number of fused-ring (bicyclic) bond motifs is 1. The monoisotopic (exact) mass is 385 g/mol. The Morgan fingerprint density at radius 2 is 1.89 bits per heavy atom. The van der Waals surface area contributed by atoms with E-state index in [4.69, 9.17) is 0 Å². The van der Waals surface area contributed by atoms with Crippen molar-refractivity contribution in [3.63, 3.8) is 0 Å². The number of pyridine rings is 1. The molecule has 0 atom stereocenters. The summed E-state index contributed by atoms with van der Waals surface area (Å²) in [6.45, 7) is 0. The molecule has 4 aromatic rings. The summed E-state index contributed by atoms with van der Waals surface area (Å²) in [6, 6.07) is 11.0. The highest BCUT2D eigenvalue weighted by atomic mass is 32.1. The molecule has 0 unspecified atom stereocenters. The molecule has 0 N–H and O–H groups in total. The molecule has 27 heavy (non-hydrogen) atoms. The predicted octanol–water partition coefficient (Wildman–Crippen LogP) is 6.10. The Morgan fingerprint density at radius 3 is 2.52 bits per heavy atom. The highest BCUT2D eigenvalue weighted by molar-refractivity contribution is 7.13. The van der Waals surface area contributed by atoms with E-state index in [2.05, 4.69) is 10.1 Å². The molecule has 1 aliphatic rings. The quantitative estimate of drug-likeness (QED) is 0.425. The summed E-state index contributed by atoms with van der Waals surface area (Å²) in [4.78, 5) is 5.49. The van der Waals surface area contributed by atoms with Crippen LogP contribution in [0.5, 0.6) is 0 Å². The Balaban J connectivity index is 1.83. The van der Waals surface area contributed by atoms with Gasteiger partial charge in [0.25, 0.3) is 6.43 Å². The van der Waals surface area contributed by atoms with Crippen LogP contribution in [0.4, 0.5) is 13.2 Å². The van der Waals surface area contributed by atoms with Crippen molar-refractivity contribution < 1.29 is 13.2 Å². The van der Waals surface area contributed by atoms with Gasteiger partial charge in [-0.3, -0.25) is 0 Å². The van der Waals surface area contributed by atoms with E-state index in [1.54, 1.807) is 16.8 Å². The van der Waals surface area contributed by atoms with Gasteiger partial charge in [-0.15, -0.1) is 11.3 Å². The summed E-state index contributed by atoms with van der Waals surface area (Å²) in [6.07, 6.45) is -0.756. The van der Waals surface area contributed by atoms with Crippen LogP contribution in [0.15, 0.2) is 47.8 Å². The second-order valence-corrected chi connectivity index (χ2v) is 7.57. The second-order valence-electron chi connectivity index (χ2n) is 6.62. The lowest BCUT2D eigenvalue weighted by molar-refractivity contribution is 0.153. The number of hydrogen-bond donors (Lipinski definition) is 0. The van der Waals surface area contributed by atoms with E-state index < -0.39 is 6.43 Å². The average molecular weight is 385 g/mol. The van der Waals surface area contributed by atoms with Crippen molar-refractivity contribution in [3.05, 3.63) is 64.9 Å². The summed E-state index contributed by atoms with van der Waals surface area (Å²) < 4.78 is 42.8. The van der Waals surface area contributed by atoms with Crippen molar-refractivity contribution >= 4 is 22.4 Å². The maximum absolute atomic E-state index is 13.9. The van der Waals surface area contributed by atoms with Crippen LogP contribution in [0, 0.1) is 5.82 Å². The van der Waals surface area contributed by atoms with Crippen molar-refractivity contribution in [2.45, 2.75) is 25.2 Å². The van der Waals surface area contributed by atoms with Gasteiger partial charge in [-0.1, -0.05) is 6.07 Å². The highest BCUT2D eigenvalue weighted by Gasteiger charge is 2.33. The number of benzene rings is 1. The van der Waals surface area contributed by atoms with Gasteiger partial charge in [0.1, 0.15) is 5.82 Å². The molecule has 136 valence electrons. The summed E-state index contributed by atoms with van der Waals surface area (Å²) in [5, 5.41) is 6.93. The minimum atomic E-state index is -2.63. The molecule has 1 aromatic carbocycles. The minimum absolute atomic E-state index is 0.0429. The van der Waals surface area contributed by atoms with Crippen LogP contribution < -0.4 is 0 Å². The molecular formula is C20H14F3N3S. The van der Waals surface area contributed by atoms with Crippen molar-refractivity contribution in [1.29, 1.82) is 0 Å². The van der Waals surface area contributed by atoms with Crippen LogP contribution in [-0.2, 0) is 0 Å². The highest BCUT2D eigenvalue weighted by Crippen LogP contribution is 2.45. The Labute approximate surface area is 157 Å². The van der Waals surface area contributed by atoms with E-state index in [0.717, 1.165) is 17.7 Å². The number of halogens is 3. The van der Waals surface area contributed by atoms with Gasteiger partial charge in [-0.2, -0.15) is 5.10 Å². The largest absolute Gasteiger partial charge is 0.264 e. The normalized spacial score (nSPS) is 14.4. The lowest BCUT2D eigenvalue weighted by Crippen LogP contribution is -1.99. The number of thiophene rings is 1. The zero-order chi connectivity index (χ0) is 18.5. The van der Waals surface area contributed by atoms with Gasteiger partial charge in [-0.05, 0) is 54.6 Å². The van der Waals surface area contributed by atoms with Crippen molar-refractivity contribution in [2.24, 2.45) is 0 Å². The lowest BCUT2D eigenvalue weighted by Gasteiger charge is -2.08. The molecule has 7 heteroatoms. The van der Waals surface area contributed by atoms with Gasteiger partial charge in [-0.25, -0.2) is 22.8 Å². The summed E-state index contributed by atoms with van der Waals surface area (Å²) >= 11 is 1.45. The van der Waals surface area contributed by atoms with E-state index in [1.165, 1.54) is 29.5 Å². The predicted molar refractivity (Wildman–Crippen MR) is 99.1 cm³/mol. The van der Waals surface area contributed by atoms with Crippen LogP contribution in [0.1, 0.15) is 36.4 Å². The van der Waals surface area contributed by atoms with Crippen molar-refractivity contribution in [2.75, 3.05) is 0 Å². The number of aromatic nitrogens is 3. The molecule has 5 rings (SSSR count). The van der Waals surface area contributed by atoms with Crippen molar-refractivity contribution in [3.8, 4) is 16.3 Å². The molecule has 3 nitrogen and oxygen atoms in total. The first kappa shape index (κ1) is 16.5. The van der Waals surface area contributed by atoms with Crippen molar-refractivity contribution in [1.82, 2.24) is 14.8 Å². The topological polar surface area (TPSA) is 30.7 Å². The van der Waals surface area contributed by atoms with Gasteiger partial charge in [0.15, 0.2) is 5.65 Å². The summed E-state index contributed by atoms with van der Waals surface area (Å²) in [7, 11) is 0. The van der Waals surface area contributed by atoms with Gasteiger partial charge < -0.3 is 0 Å². The molecular weight excluding hydrogens is 371 g/mol. The fourth-order valence-electron chi connectivity index (χ4n) is 3.30. The number of rotatable bonds is 4. The SMILES string of the molecule is Fc1ccc(-n2nc(C3CC3)c3c(C(F)F)cc(-c4cccs4)nc32)cc1. The molecule has 0 amide bonds. The summed E-state index contributed by atoms with van der Waals surface area (Å²) in [5.41, 5.74) is 2.11. The molecule has 0 spiro atoms. The lowest BCUT2D eigenvalue weighted by atomic mass is 10.1. The van der Waals surface area contributed by atoms with Crippen LogP contribution in [-0.4, -0.2) is 14.8 Å². The third-order valence-electron chi connectivity index (χ3n) is 4.74. The van der Waals surface area contributed by atoms with Gasteiger partial charge in [0.2, 0.25) is 0 Å². The zero-order valence-corrected chi connectivity index (χ0v) is 14.9. The van der Waals surface area contributed by atoms with Crippen LogP contribution in [0.3, 0.4) is 0 Å². The standard InChI is InChI=1S/C20H14F3N3S/c21-12-5-7-13(8-6-12)26-20-17(18(25-26)11-3-4-11)14(19(22)23)10-15(24-20)16-2-1-9-27-16/h1-2,5-11,19H,3-4H2. The average Bonchev–Trinajstić information content (AvgIpc) is 3.22. The molecule has 1 fully saturated rings. The van der Waals surface area contributed by atoms with Crippen LogP contribution in [0.2, 0.25) is 0 Å².